The fourth-order valence-corrected chi connectivity index (χ4v) is 3.66. The molecule has 0 aliphatic rings. The van der Waals surface area contributed by atoms with E-state index in [9.17, 15) is 8.42 Å². The molecule has 0 saturated heterocycles. The minimum Gasteiger partial charge on any atom is -0.411 e. The molecule has 7 nitrogen and oxygen atoms in total. The largest absolute Gasteiger partial charge is 0.411 e. The number of aromatic nitrogens is 3. The molecule has 3 rings (SSSR count). The van der Waals surface area contributed by atoms with Gasteiger partial charge in [-0.05, 0) is 12.1 Å². The third-order valence-electron chi connectivity index (χ3n) is 3.03. The Balaban J connectivity index is 2.35. The molecular weight excluding hydrogens is 328 g/mol. The summed E-state index contributed by atoms with van der Waals surface area (Å²) in [7, 11) is -3.86. The molecule has 0 amide bonds. The third kappa shape index (κ3) is 2.22. The summed E-state index contributed by atoms with van der Waals surface area (Å²) < 4.78 is 26.4. The molecule has 0 aliphatic heterocycles. The summed E-state index contributed by atoms with van der Waals surface area (Å²) in [4.78, 5) is 7.91. The van der Waals surface area contributed by atoms with Crippen molar-refractivity contribution in [3.05, 3.63) is 53.6 Å². The quantitative estimate of drug-likeness (QED) is 0.342. The van der Waals surface area contributed by atoms with Crippen molar-refractivity contribution in [2.24, 2.45) is 5.16 Å². The Labute approximate surface area is 130 Å². The second-order valence-electron chi connectivity index (χ2n) is 4.31. The van der Waals surface area contributed by atoms with Crippen molar-refractivity contribution in [3.63, 3.8) is 0 Å². The molecule has 0 fully saturated rings. The fourth-order valence-electron chi connectivity index (χ4n) is 2.07. The molecule has 1 aromatic carbocycles. The molecule has 0 bridgehead atoms. The summed E-state index contributed by atoms with van der Waals surface area (Å²) in [5.41, 5.74) is 0.404. The highest BCUT2D eigenvalue weighted by Gasteiger charge is 2.23. The smallest absolute Gasteiger partial charge is 0.269 e. The van der Waals surface area contributed by atoms with Crippen LogP contribution in [0.3, 0.4) is 0 Å². The maximum atomic E-state index is 12.7. The number of oxime groups is 1. The summed E-state index contributed by atoms with van der Waals surface area (Å²) >= 11 is 6.00. The van der Waals surface area contributed by atoms with Crippen LogP contribution in [0.15, 0.2) is 52.9 Å². The topological polar surface area (TPSA) is 97.4 Å². The number of hydrogen-bond donors (Lipinski definition) is 1. The maximum Gasteiger partial charge on any atom is 0.269 e. The van der Waals surface area contributed by atoms with Crippen LogP contribution in [0.25, 0.3) is 11.0 Å². The zero-order valence-electron chi connectivity index (χ0n) is 11.0. The van der Waals surface area contributed by atoms with Crippen molar-refractivity contribution >= 4 is 38.9 Å². The summed E-state index contributed by atoms with van der Waals surface area (Å²) in [5, 5.41) is 12.0. The first-order chi connectivity index (χ1) is 10.6. The second-order valence-corrected chi connectivity index (χ2v) is 6.48. The minimum atomic E-state index is -3.86. The molecule has 1 N–H and O–H groups in total. The lowest BCUT2D eigenvalue weighted by Crippen LogP contribution is -2.12. The molecule has 22 heavy (non-hydrogen) atoms. The van der Waals surface area contributed by atoms with Gasteiger partial charge in [-0.15, -0.1) is 0 Å². The molecule has 0 radical (unpaired) electrons. The van der Waals surface area contributed by atoms with Crippen LogP contribution in [0.5, 0.6) is 0 Å². The lowest BCUT2D eigenvalue weighted by atomic mass is 10.3. The van der Waals surface area contributed by atoms with Gasteiger partial charge in [-0.25, -0.2) is 22.4 Å². The van der Waals surface area contributed by atoms with Crippen molar-refractivity contribution in [1.82, 2.24) is 13.9 Å². The minimum absolute atomic E-state index is 0.0712. The Kier molecular flexibility index (Phi) is 3.55. The maximum absolute atomic E-state index is 12.7. The molecular formula is C13H9ClN4O3S. The molecule has 0 spiro atoms. The van der Waals surface area contributed by atoms with Crippen molar-refractivity contribution in [2.75, 3.05) is 0 Å². The summed E-state index contributed by atoms with van der Waals surface area (Å²) in [6.45, 7) is 0. The Bertz CT molecular complexity index is 968. The molecule has 2 aromatic heterocycles. The van der Waals surface area contributed by atoms with Crippen molar-refractivity contribution < 1.29 is 13.6 Å². The van der Waals surface area contributed by atoms with Crippen LogP contribution in [0.1, 0.15) is 5.56 Å². The van der Waals surface area contributed by atoms with Crippen molar-refractivity contribution in [3.8, 4) is 0 Å². The number of fused-ring (bicyclic) bond motifs is 1. The van der Waals surface area contributed by atoms with Gasteiger partial charge >= 0.3 is 0 Å². The average molecular weight is 337 g/mol. The number of hydrogen-bond acceptors (Lipinski definition) is 6. The van der Waals surface area contributed by atoms with Gasteiger partial charge in [0.05, 0.1) is 16.5 Å². The Morgan fingerprint density at radius 1 is 1.23 bits per heavy atom. The van der Waals surface area contributed by atoms with Crippen molar-refractivity contribution in [2.45, 2.75) is 4.90 Å². The van der Waals surface area contributed by atoms with Crippen LogP contribution >= 0.6 is 11.6 Å². The van der Waals surface area contributed by atoms with Gasteiger partial charge in [0, 0.05) is 11.8 Å². The van der Waals surface area contributed by atoms with Gasteiger partial charge in [-0.3, -0.25) is 0 Å². The Hall–Kier alpha value is -2.45. The first-order valence-electron chi connectivity index (χ1n) is 6.05. The van der Waals surface area contributed by atoms with E-state index in [4.69, 9.17) is 16.8 Å². The lowest BCUT2D eigenvalue weighted by Gasteiger charge is -2.06. The predicted molar refractivity (Wildman–Crippen MR) is 80.9 cm³/mol. The van der Waals surface area contributed by atoms with Gasteiger partial charge in [-0.1, -0.05) is 35.0 Å². The Morgan fingerprint density at radius 2 is 1.95 bits per heavy atom. The normalized spacial score (nSPS) is 12.2. The molecule has 0 saturated carbocycles. The first kappa shape index (κ1) is 14.5. The molecule has 3 aromatic rings. The van der Waals surface area contributed by atoms with Crippen LogP contribution in [-0.2, 0) is 10.0 Å². The second kappa shape index (κ2) is 5.39. The molecule has 0 aliphatic carbocycles. The summed E-state index contributed by atoms with van der Waals surface area (Å²) in [6, 6.07) is 7.91. The highest BCUT2D eigenvalue weighted by molar-refractivity contribution is 7.90. The van der Waals surface area contributed by atoms with Crippen LogP contribution in [0.4, 0.5) is 0 Å². The van der Waals surface area contributed by atoms with E-state index in [1.54, 1.807) is 18.2 Å². The van der Waals surface area contributed by atoms with Gasteiger partial charge in [0.1, 0.15) is 11.5 Å². The predicted octanol–water partition coefficient (Wildman–Crippen LogP) is 2.13. The van der Waals surface area contributed by atoms with E-state index in [1.807, 2.05) is 0 Å². The standard InChI is InChI=1S/C13H9ClN4O3S/c14-12-11-9(6-17-19)7-18(13(11)16-8-15-12)22(20,21)10-4-2-1-3-5-10/h1-8,19H/b17-6+. The molecule has 2 heterocycles. The van der Waals surface area contributed by atoms with Gasteiger partial charge < -0.3 is 5.21 Å². The van der Waals surface area contributed by atoms with E-state index in [0.717, 1.165) is 10.2 Å². The third-order valence-corrected chi connectivity index (χ3v) is 4.98. The average Bonchev–Trinajstić information content (AvgIpc) is 2.89. The summed E-state index contributed by atoms with van der Waals surface area (Å²) in [5.74, 6) is 0. The number of halogens is 1. The van der Waals surface area contributed by atoms with Crippen LogP contribution in [-0.4, -0.2) is 33.8 Å². The monoisotopic (exact) mass is 336 g/mol. The summed E-state index contributed by atoms with van der Waals surface area (Å²) in [6.07, 6.45) is 3.53. The number of benzene rings is 1. The van der Waals surface area contributed by atoms with E-state index in [1.165, 1.54) is 24.7 Å². The molecule has 0 atom stereocenters. The molecule has 112 valence electrons. The van der Waals surface area contributed by atoms with E-state index < -0.39 is 10.0 Å². The van der Waals surface area contributed by atoms with E-state index in [2.05, 4.69) is 15.1 Å². The fraction of sp³-hybridized carbons (Fsp3) is 0. The number of nitrogens with zero attached hydrogens (tertiary/aromatic N) is 4. The highest BCUT2D eigenvalue weighted by Crippen LogP contribution is 2.27. The molecule has 0 unspecified atom stereocenters. The van der Waals surface area contributed by atoms with Gasteiger partial charge in [0.25, 0.3) is 10.0 Å². The van der Waals surface area contributed by atoms with Gasteiger partial charge in [0.2, 0.25) is 0 Å². The van der Waals surface area contributed by atoms with E-state index >= 15 is 0 Å². The van der Waals surface area contributed by atoms with Gasteiger partial charge in [0.15, 0.2) is 5.65 Å². The van der Waals surface area contributed by atoms with Crippen LogP contribution in [0, 0.1) is 0 Å². The Morgan fingerprint density at radius 3 is 2.64 bits per heavy atom. The lowest BCUT2D eigenvalue weighted by molar-refractivity contribution is 0.322. The SMILES string of the molecule is O=S(=O)(c1ccccc1)n1cc(/C=N/O)c2c(Cl)ncnc21. The zero-order valence-corrected chi connectivity index (χ0v) is 12.5. The van der Waals surface area contributed by atoms with E-state index in [0.29, 0.717) is 10.9 Å². The van der Waals surface area contributed by atoms with Crippen LogP contribution in [0.2, 0.25) is 5.15 Å². The van der Waals surface area contributed by atoms with Crippen molar-refractivity contribution in [1.29, 1.82) is 0 Å². The highest BCUT2D eigenvalue weighted by atomic mass is 35.5. The number of rotatable bonds is 3. The van der Waals surface area contributed by atoms with E-state index in [-0.39, 0.29) is 15.7 Å². The van der Waals surface area contributed by atoms with Gasteiger partial charge in [-0.2, -0.15) is 0 Å². The van der Waals surface area contributed by atoms with Crippen LogP contribution < -0.4 is 0 Å². The molecule has 9 heteroatoms. The first-order valence-corrected chi connectivity index (χ1v) is 7.87. The zero-order chi connectivity index (χ0) is 15.7.